The first-order chi connectivity index (χ1) is 0. The Bertz CT molecular complexity index is 8.00. The van der Waals surface area contributed by atoms with Crippen LogP contribution in [0.2, 0.25) is 0 Å². The van der Waals surface area contributed by atoms with Gasteiger partial charge in [0.25, 0.3) is 0 Å². The van der Waals surface area contributed by atoms with Crippen LogP contribution >= 0.6 is 0 Å². The van der Waals surface area contributed by atoms with Crippen LogP contribution in [-0.2, 0) is 0 Å². The van der Waals surface area contributed by atoms with Gasteiger partial charge in [-0.2, -0.15) is 0 Å². The number of hydrogen-bond donors (Lipinski definition) is 0. The van der Waals surface area contributed by atoms with Gasteiger partial charge in [0.1, 0.15) is 0 Å². The fraction of sp³-hybridized carbons (Fsp3) is 0. The summed E-state index contributed by atoms with van der Waals surface area (Å²) in [6, 6.07) is 0. The van der Waals surface area contributed by atoms with E-state index in [1.54, 1.807) is 0 Å². The second-order valence-corrected chi connectivity index (χ2v) is 0. The summed E-state index contributed by atoms with van der Waals surface area (Å²) >= 11 is 0. The Kier molecular flexibility index (Phi) is 97.4. The molecule has 0 aliphatic rings. The Labute approximate surface area is 116 Å². The van der Waals surface area contributed by atoms with Crippen LogP contribution in [0.5, 0.6) is 0 Å². The summed E-state index contributed by atoms with van der Waals surface area (Å²) in [6.07, 6.45) is 0. The third-order valence-electron chi connectivity index (χ3n) is 0. The quantitative estimate of drug-likeness (QED) is 0.433. The third kappa shape index (κ3) is 9.33. The van der Waals surface area contributed by atoms with Gasteiger partial charge in [-0.1, -0.05) is 0 Å². The van der Waals surface area contributed by atoms with Gasteiger partial charge in [0.15, 0.2) is 17.4 Å². The molecule has 0 nitrogen and oxygen atoms in total. The summed E-state index contributed by atoms with van der Waals surface area (Å²) in [4.78, 5) is 0. The van der Waals surface area contributed by atoms with Crippen LogP contribution in [0, 0.1) is 79.1 Å². The molecule has 4 heavy (non-hydrogen) atoms. The van der Waals surface area contributed by atoms with E-state index in [4.69, 9.17) is 0 Å². The molecule has 0 bridgehead atoms. The summed E-state index contributed by atoms with van der Waals surface area (Å²) in [7, 11) is 0. The Morgan fingerprint density at radius 2 is 1.00 bits per heavy atom. The van der Waals surface area contributed by atoms with E-state index in [1.165, 1.54) is 0 Å². The molecule has 26 valence electrons. The first-order valence-corrected chi connectivity index (χ1v) is 0. The second-order valence-electron chi connectivity index (χ2n) is 0. The predicted octanol–water partition coefficient (Wildman–Crippen LogP) is -2.10. The zero-order valence-electron chi connectivity index (χ0n) is 0.789. The third-order valence-corrected chi connectivity index (χ3v) is 0. The second kappa shape index (κ2) is 15.8. The van der Waals surface area contributed by atoms with Crippen molar-refractivity contribution in [1.29, 1.82) is 0 Å². The monoisotopic (exact) mass is 362 g/mol. The minimum Gasteiger partial charge on any atom is 0 e. The SMILES string of the molecule is [AlH3].[Ce].[Er].[MgH2]. The number of hydrogen-bond acceptors (Lipinski definition) is 0. The maximum atomic E-state index is 0. The van der Waals surface area contributed by atoms with E-state index in [9.17, 15) is 0 Å². The Hall–Kier alpha value is 3.92. The molecule has 4 heteroatoms. The first-order valence-electron chi connectivity index (χ1n) is 0. The fourth-order valence-electron chi connectivity index (χ4n) is 0. The largest absolute Gasteiger partial charge is 0.316 e. The predicted molar refractivity (Wildman–Crippen MR) is 18.5 cm³/mol. The first kappa shape index (κ1) is 24.7. The summed E-state index contributed by atoms with van der Waals surface area (Å²) < 4.78 is 0. The maximum Gasteiger partial charge on any atom is 0.316 e. The molecule has 0 aliphatic heterocycles. The van der Waals surface area contributed by atoms with Crippen molar-refractivity contribution in [1.82, 2.24) is 0 Å². The van der Waals surface area contributed by atoms with Crippen LogP contribution in [0.15, 0.2) is 0 Å². The van der Waals surface area contributed by atoms with E-state index in [2.05, 4.69) is 0 Å². The minimum absolute atomic E-state index is 0. The van der Waals surface area contributed by atoms with Crippen LogP contribution in [0.4, 0.5) is 0 Å². The van der Waals surface area contributed by atoms with Crippen molar-refractivity contribution in [3.05, 3.63) is 0 Å². The summed E-state index contributed by atoms with van der Waals surface area (Å²) in [6.45, 7) is 0. The van der Waals surface area contributed by atoms with Crippen molar-refractivity contribution in [3.8, 4) is 0 Å². The minimum atomic E-state index is 0. The standard InChI is InChI=1S/Al.Ce.Er.Mg.5H. The molecule has 0 aliphatic carbocycles. The smallest absolute Gasteiger partial charge is 0 e. The molecule has 0 aromatic heterocycles. The van der Waals surface area contributed by atoms with Crippen LogP contribution in [0.3, 0.4) is 0 Å². The molecule has 0 unspecified atom stereocenters. The average molecular weight is 364 g/mol. The van der Waals surface area contributed by atoms with Gasteiger partial charge >= 0.3 is 23.1 Å². The van der Waals surface area contributed by atoms with Crippen molar-refractivity contribution in [3.63, 3.8) is 0 Å². The van der Waals surface area contributed by atoms with Gasteiger partial charge in [0.05, 0.1) is 0 Å². The van der Waals surface area contributed by atoms with E-state index in [0.717, 1.165) is 0 Å². The molecule has 0 aromatic rings. The molecular formula is H5AlCeErMg. The molecule has 0 saturated carbocycles. The number of rotatable bonds is 0. The van der Waals surface area contributed by atoms with Crippen molar-refractivity contribution in [2.45, 2.75) is 0 Å². The molecule has 0 aromatic carbocycles. The molecule has 0 rings (SSSR count). The van der Waals surface area contributed by atoms with Gasteiger partial charge in [-0.25, -0.2) is 0 Å². The van der Waals surface area contributed by atoms with Gasteiger partial charge in [-0.15, -0.1) is 0 Å². The molecule has 0 N–H and O–H groups in total. The van der Waals surface area contributed by atoms with Crippen molar-refractivity contribution in [2.75, 3.05) is 0 Å². The van der Waals surface area contributed by atoms with E-state index < -0.39 is 0 Å². The zero-order valence-corrected chi connectivity index (χ0v) is 5.78. The van der Waals surface area contributed by atoms with Gasteiger partial charge in [0.2, 0.25) is 0 Å². The Morgan fingerprint density at radius 1 is 1.00 bits per heavy atom. The zero-order chi connectivity index (χ0) is 0. The average Bonchev–Trinajstić information content (AvgIpc) is 0. The molecule has 0 atom stereocenters. The van der Waals surface area contributed by atoms with E-state index in [0.29, 0.717) is 0 Å². The van der Waals surface area contributed by atoms with Crippen LogP contribution in [-0.4, -0.2) is 40.4 Å². The van der Waals surface area contributed by atoms with E-state index in [-0.39, 0.29) is 119 Å². The molecule has 0 heterocycles. The normalized spacial score (nSPS) is 0. The van der Waals surface area contributed by atoms with Gasteiger partial charge in [-0.05, 0) is 0 Å². The van der Waals surface area contributed by atoms with Crippen LogP contribution in [0.25, 0.3) is 0 Å². The summed E-state index contributed by atoms with van der Waals surface area (Å²) in [5.41, 5.74) is 0. The Morgan fingerprint density at radius 3 is 1.00 bits per heavy atom. The van der Waals surface area contributed by atoms with Crippen molar-refractivity contribution < 1.29 is 79.1 Å². The molecule has 0 fully saturated rings. The molecular weight excluding hydrogens is 359 g/mol. The molecule has 0 amide bonds. The fourth-order valence-corrected chi connectivity index (χ4v) is 0. The van der Waals surface area contributed by atoms with Crippen molar-refractivity contribution in [2.24, 2.45) is 0 Å². The summed E-state index contributed by atoms with van der Waals surface area (Å²) in [5.74, 6) is 0. The topological polar surface area (TPSA) is 0 Å². The Balaban J connectivity index is 0. The van der Waals surface area contributed by atoms with Crippen LogP contribution < -0.4 is 0 Å². The summed E-state index contributed by atoms with van der Waals surface area (Å²) in [5, 5.41) is 0. The van der Waals surface area contributed by atoms with Gasteiger partial charge < -0.3 is 0 Å². The van der Waals surface area contributed by atoms with E-state index >= 15 is 0 Å². The van der Waals surface area contributed by atoms with E-state index in [1.807, 2.05) is 0 Å². The van der Waals surface area contributed by atoms with Gasteiger partial charge in [-0.3, -0.25) is 0 Å². The molecule has 0 spiro atoms. The molecule has 0 saturated heterocycles. The molecule has 0 radical (unpaired) electrons. The van der Waals surface area contributed by atoms with Crippen molar-refractivity contribution >= 4 is 40.4 Å². The van der Waals surface area contributed by atoms with Crippen LogP contribution in [0.1, 0.15) is 0 Å². The van der Waals surface area contributed by atoms with Gasteiger partial charge in [0, 0.05) is 79.1 Å². The maximum absolute atomic E-state index is 0.